The van der Waals surface area contributed by atoms with E-state index < -0.39 is 0 Å². The molecule has 2 rings (SSSR count). The molecule has 1 saturated heterocycles. The van der Waals surface area contributed by atoms with Crippen LogP contribution in [0.25, 0.3) is 0 Å². The van der Waals surface area contributed by atoms with Crippen molar-refractivity contribution in [2.24, 2.45) is 0 Å². The molecule has 0 bridgehead atoms. The minimum Gasteiger partial charge on any atom is -0.342 e. The van der Waals surface area contributed by atoms with Gasteiger partial charge >= 0.3 is 0 Å². The van der Waals surface area contributed by atoms with Gasteiger partial charge in [-0.1, -0.05) is 19.8 Å². The first-order valence-corrected chi connectivity index (χ1v) is 6.98. The van der Waals surface area contributed by atoms with E-state index in [1.54, 1.807) is 29.0 Å². The summed E-state index contributed by atoms with van der Waals surface area (Å²) in [6, 6.07) is 2.94. The number of carbonyl (C=O) groups excluding carboxylic acids is 2. The minimum atomic E-state index is -0.372. The van der Waals surface area contributed by atoms with E-state index >= 15 is 0 Å². The smallest absolute Gasteiger partial charge is 0.275 e. The first kappa shape index (κ1) is 14.4. The first-order chi connectivity index (χ1) is 9.65. The summed E-state index contributed by atoms with van der Waals surface area (Å²) in [6.07, 6.45) is 4.15. The van der Waals surface area contributed by atoms with Crippen LogP contribution in [0.5, 0.6) is 0 Å². The molecule has 1 aromatic rings. The normalized spacial score (nSPS) is 19.3. The summed E-state index contributed by atoms with van der Waals surface area (Å²) in [5, 5.41) is 7.58. The zero-order valence-electron chi connectivity index (χ0n) is 12.0. The molecule has 0 saturated carbocycles. The van der Waals surface area contributed by atoms with Crippen LogP contribution in [0, 0.1) is 0 Å². The Balaban J connectivity index is 2.19. The second kappa shape index (κ2) is 6.45. The van der Waals surface area contributed by atoms with Gasteiger partial charge in [-0.3, -0.25) is 9.59 Å². The van der Waals surface area contributed by atoms with Gasteiger partial charge in [0.1, 0.15) is 6.04 Å². The van der Waals surface area contributed by atoms with E-state index in [-0.39, 0.29) is 17.9 Å². The Morgan fingerprint density at radius 3 is 2.90 bits per heavy atom. The van der Waals surface area contributed by atoms with Gasteiger partial charge in [0.15, 0.2) is 5.69 Å². The lowest BCUT2D eigenvalue weighted by molar-refractivity contribution is -0.138. The summed E-state index contributed by atoms with van der Waals surface area (Å²) < 4.78 is 0. The molecule has 0 radical (unpaired) electrons. The number of hydrogen-bond acceptors (Lipinski definition) is 4. The van der Waals surface area contributed by atoms with Crippen LogP contribution in [-0.2, 0) is 4.79 Å². The van der Waals surface area contributed by atoms with Gasteiger partial charge in [-0.05, 0) is 18.6 Å². The zero-order valence-corrected chi connectivity index (χ0v) is 12.0. The highest BCUT2D eigenvalue weighted by Gasteiger charge is 2.36. The molecule has 0 aliphatic carbocycles. The summed E-state index contributed by atoms with van der Waals surface area (Å²) in [4.78, 5) is 28.1. The summed E-state index contributed by atoms with van der Waals surface area (Å²) in [7, 11) is 1.78. The summed E-state index contributed by atoms with van der Waals surface area (Å²) in [5.74, 6) is -0.192. The van der Waals surface area contributed by atoms with E-state index in [0.29, 0.717) is 25.2 Å². The van der Waals surface area contributed by atoms with Crippen molar-refractivity contribution in [2.75, 3.05) is 20.1 Å². The molecule has 1 aliphatic rings. The molecular formula is C14H20N4O2. The van der Waals surface area contributed by atoms with Gasteiger partial charge in [0, 0.05) is 26.3 Å². The van der Waals surface area contributed by atoms with Crippen LogP contribution in [0.4, 0.5) is 0 Å². The lowest BCUT2D eigenvalue weighted by Gasteiger charge is -2.39. The third kappa shape index (κ3) is 2.95. The van der Waals surface area contributed by atoms with Crippen molar-refractivity contribution in [3.63, 3.8) is 0 Å². The maximum absolute atomic E-state index is 12.5. The zero-order chi connectivity index (χ0) is 14.5. The van der Waals surface area contributed by atoms with E-state index in [1.165, 1.54) is 6.20 Å². The van der Waals surface area contributed by atoms with E-state index in [2.05, 4.69) is 17.1 Å². The molecule has 20 heavy (non-hydrogen) atoms. The van der Waals surface area contributed by atoms with Gasteiger partial charge in [-0.2, -0.15) is 5.10 Å². The summed E-state index contributed by atoms with van der Waals surface area (Å²) in [6.45, 7) is 3.19. The number of rotatable bonds is 4. The highest BCUT2D eigenvalue weighted by Crippen LogP contribution is 2.18. The number of unbranched alkanes of at least 4 members (excludes halogenated alkanes) is 1. The van der Waals surface area contributed by atoms with Crippen molar-refractivity contribution in [2.45, 2.75) is 32.2 Å². The monoisotopic (exact) mass is 276 g/mol. The number of likely N-dealkylation sites (N-methyl/N-ethyl adjacent to an activating group) is 1. The van der Waals surface area contributed by atoms with Gasteiger partial charge in [0.2, 0.25) is 5.91 Å². The molecule has 6 heteroatoms. The molecule has 6 nitrogen and oxygen atoms in total. The molecule has 2 amide bonds. The van der Waals surface area contributed by atoms with Crippen molar-refractivity contribution in [1.82, 2.24) is 20.0 Å². The Morgan fingerprint density at radius 1 is 1.45 bits per heavy atom. The molecule has 2 heterocycles. The summed E-state index contributed by atoms with van der Waals surface area (Å²) >= 11 is 0. The Labute approximate surface area is 118 Å². The van der Waals surface area contributed by atoms with Crippen molar-refractivity contribution in [1.29, 1.82) is 0 Å². The van der Waals surface area contributed by atoms with Crippen LogP contribution < -0.4 is 0 Å². The fraction of sp³-hybridized carbons (Fsp3) is 0.571. The Bertz CT molecular complexity index is 477. The van der Waals surface area contributed by atoms with Gasteiger partial charge in [0.05, 0.1) is 0 Å². The van der Waals surface area contributed by atoms with E-state index in [0.717, 1.165) is 12.8 Å². The van der Waals surface area contributed by atoms with E-state index in [4.69, 9.17) is 0 Å². The van der Waals surface area contributed by atoms with Crippen LogP contribution in [0.1, 0.15) is 36.7 Å². The molecule has 0 aromatic carbocycles. The summed E-state index contributed by atoms with van der Waals surface area (Å²) in [5.41, 5.74) is 0.298. The molecule has 1 unspecified atom stereocenters. The minimum absolute atomic E-state index is 0.0157. The first-order valence-electron chi connectivity index (χ1n) is 6.98. The van der Waals surface area contributed by atoms with Gasteiger partial charge in [0.25, 0.3) is 5.91 Å². The molecular weight excluding hydrogens is 256 g/mol. The predicted molar refractivity (Wildman–Crippen MR) is 74.0 cm³/mol. The third-order valence-corrected chi connectivity index (χ3v) is 3.60. The topological polar surface area (TPSA) is 66.4 Å². The van der Waals surface area contributed by atoms with E-state index in [1.807, 2.05) is 0 Å². The van der Waals surface area contributed by atoms with Crippen LogP contribution in [0.15, 0.2) is 18.3 Å². The number of aromatic nitrogens is 2. The predicted octanol–water partition coefficient (Wildman–Crippen LogP) is 0.950. The average molecular weight is 276 g/mol. The Hall–Kier alpha value is -1.98. The number of piperazine rings is 1. The van der Waals surface area contributed by atoms with Gasteiger partial charge < -0.3 is 9.80 Å². The van der Waals surface area contributed by atoms with Crippen LogP contribution >= 0.6 is 0 Å². The van der Waals surface area contributed by atoms with Crippen molar-refractivity contribution < 1.29 is 9.59 Å². The maximum Gasteiger partial charge on any atom is 0.275 e. The Morgan fingerprint density at radius 2 is 2.25 bits per heavy atom. The highest BCUT2D eigenvalue weighted by molar-refractivity contribution is 5.96. The molecule has 108 valence electrons. The number of carbonyl (C=O) groups is 2. The highest BCUT2D eigenvalue weighted by atomic mass is 16.2. The van der Waals surface area contributed by atoms with Crippen LogP contribution in [-0.4, -0.2) is 58.0 Å². The van der Waals surface area contributed by atoms with Gasteiger partial charge in [-0.15, -0.1) is 5.10 Å². The number of amides is 2. The largest absolute Gasteiger partial charge is 0.342 e. The van der Waals surface area contributed by atoms with E-state index in [9.17, 15) is 9.59 Å². The van der Waals surface area contributed by atoms with Crippen LogP contribution in [0.3, 0.4) is 0 Å². The number of nitrogens with zero attached hydrogens (tertiary/aromatic N) is 4. The molecule has 1 aromatic heterocycles. The molecule has 1 atom stereocenters. The standard InChI is InChI=1S/C14H20N4O2/c1-3-4-7-12-14(20)17(2)9-10-18(12)13(19)11-6-5-8-15-16-11/h5-6,8,12H,3-4,7,9-10H2,1-2H3. The lowest BCUT2D eigenvalue weighted by Crippen LogP contribution is -2.57. The average Bonchev–Trinajstić information content (AvgIpc) is 2.49. The Kier molecular flexibility index (Phi) is 4.65. The quantitative estimate of drug-likeness (QED) is 0.821. The maximum atomic E-state index is 12.5. The number of hydrogen-bond donors (Lipinski definition) is 0. The van der Waals surface area contributed by atoms with Crippen molar-refractivity contribution >= 4 is 11.8 Å². The molecule has 0 N–H and O–H groups in total. The second-order valence-electron chi connectivity index (χ2n) is 5.03. The van der Waals surface area contributed by atoms with Crippen molar-refractivity contribution in [3.05, 3.63) is 24.0 Å². The lowest BCUT2D eigenvalue weighted by atomic mass is 10.0. The molecule has 1 aliphatic heterocycles. The van der Waals surface area contributed by atoms with Gasteiger partial charge in [-0.25, -0.2) is 0 Å². The molecule has 0 spiro atoms. The second-order valence-corrected chi connectivity index (χ2v) is 5.03. The van der Waals surface area contributed by atoms with Crippen molar-refractivity contribution in [3.8, 4) is 0 Å². The fourth-order valence-corrected chi connectivity index (χ4v) is 2.39. The fourth-order valence-electron chi connectivity index (χ4n) is 2.39. The SMILES string of the molecule is CCCCC1C(=O)N(C)CCN1C(=O)c1cccnn1. The van der Waals surface area contributed by atoms with Crippen LogP contribution in [0.2, 0.25) is 0 Å². The molecule has 1 fully saturated rings. The third-order valence-electron chi connectivity index (χ3n) is 3.60.